The number of non-ortho nitro benzene ring substituents is 1. The van der Waals surface area contributed by atoms with Gasteiger partial charge in [0.15, 0.2) is 0 Å². The molecule has 0 spiro atoms. The first kappa shape index (κ1) is 16.1. The topological polar surface area (TPSA) is 107 Å². The van der Waals surface area contributed by atoms with Crippen LogP contribution in [0.25, 0.3) is 0 Å². The van der Waals surface area contributed by atoms with E-state index in [1.807, 2.05) is 0 Å². The number of hydrogen-bond donors (Lipinski definition) is 1. The van der Waals surface area contributed by atoms with Crippen molar-refractivity contribution in [2.24, 2.45) is 0 Å². The average molecular weight is 336 g/mol. The first-order chi connectivity index (χ1) is 12.1. The number of nitrogens with zero attached hydrogens (tertiary/aromatic N) is 3. The van der Waals surface area contributed by atoms with Gasteiger partial charge in [-0.25, -0.2) is 4.98 Å². The summed E-state index contributed by atoms with van der Waals surface area (Å²) < 4.78 is 5.55. The number of nitro groups is 1. The Hall–Kier alpha value is -3.81. The second kappa shape index (κ2) is 7.18. The molecular formula is C17H12N4O4. The van der Waals surface area contributed by atoms with Crippen LogP contribution in [0.2, 0.25) is 0 Å². The Kier molecular flexibility index (Phi) is 4.61. The molecule has 25 heavy (non-hydrogen) atoms. The van der Waals surface area contributed by atoms with Crippen molar-refractivity contribution in [1.82, 2.24) is 9.97 Å². The average Bonchev–Trinajstić information content (AvgIpc) is 2.63. The number of ether oxygens (including phenoxy) is 1. The maximum atomic E-state index is 12.2. The summed E-state index contributed by atoms with van der Waals surface area (Å²) in [6.45, 7) is 0. The van der Waals surface area contributed by atoms with Crippen molar-refractivity contribution in [3.8, 4) is 11.6 Å². The molecule has 3 rings (SSSR count). The molecule has 3 aromatic rings. The molecule has 0 unspecified atom stereocenters. The zero-order chi connectivity index (χ0) is 17.6. The number of benzene rings is 2. The first-order valence-electron chi connectivity index (χ1n) is 7.21. The predicted molar refractivity (Wildman–Crippen MR) is 89.6 cm³/mol. The van der Waals surface area contributed by atoms with Gasteiger partial charge in [0.25, 0.3) is 11.6 Å². The highest BCUT2D eigenvalue weighted by molar-refractivity contribution is 6.04. The van der Waals surface area contributed by atoms with E-state index in [4.69, 9.17) is 4.74 Å². The van der Waals surface area contributed by atoms with Crippen LogP contribution in [0, 0.1) is 10.1 Å². The van der Waals surface area contributed by atoms with Gasteiger partial charge >= 0.3 is 0 Å². The van der Waals surface area contributed by atoms with Crippen molar-refractivity contribution in [3.05, 3.63) is 82.8 Å². The van der Waals surface area contributed by atoms with E-state index in [2.05, 4.69) is 15.3 Å². The van der Waals surface area contributed by atoms with Crippen LogP contribution >= 0.6 is 0 Å². The lowest BCUT2D eigenvalue weighted by Crippen LogP contribution is -2.11. The van der Waals surface area contributed by atoms with E-state index in [0.29, 0.717) is 22.9 Å². The number of aromatic nitrogens is 2. The molecule has 0 saturated carbocycles. The van der Waals surface area contributed by atoms with Crippen LogP contribution < -0.4 is 10.1 Å². The van der Waals surface area contributed by atoms with Gasteiger partial charge in [-0.2, -0.15) is 0 Å². The van der Waals surface area contributed by atoms with E-state index in [1.165, 1.54) is 42.9 Å². The Morgan fingerprint density at radius 1 is 1.12 bits per heavy atom. The summed E-state index contributed by atoms with van der Waals surface area (Å²) in [5, 5.41) is 13.4. The summed E-state index contributed by atoms with van der Waals surface area (Å²) in [5.41, 5.74) is 0.756. The second-order valence-electron chi connectivity index (χ2n) is 4.93. The number of carbonyl (C=O) groups is 1. The molecule has 8 nitrogen and oxygen atoms in total. The molecular weight excluding hydrogens is 324 g/mol. The number of nitro benzene ring substituents is 1. The van der Waals surface area contributed by atoms with E-state index in [9.17, 15) is 14.9 Å². The Labute approximate surface area is 142 Å². The SMILES string of the molecule is O=C(Nc1cccc(Oc2cnccn2)c1)c1ccc([N+](=O)[O-])cc1. The van der Waals surface area contributed by atoms with Crippen molar-refractivity contribution < 1.29 is 14.5 Å². The van der Waals surface area contributed by atoms with E-state index >= 15 is 0 Å². The van der Waals surface area contributed by atoms with E-state index in [1.54, 1.807) is 24.3 Å². The quantitative estimate of drug-likeness (QED) is 0.565. The lowest BCUT2D eigenvalue weighted by Gasteiger charge is -2.08. The lowest BCUT2D eigenvalue weighted by molar-refractivity contribution is -0.384. The maximum Gasteiger partial charge on any atom is 0.269 e. The van der Waals surface area contributed by atoms with Gasteiger partial charge in [0, 0.05) is 41.8 Å². The molecule has 0 aliphatic rings. The van der Waals surface area contributed by atoms with Crippen LogP contribution in [0.5, 0.6) is 11.6 Å². The normalized spacial score (nSPS) is 10.1. The van der Waals surface area contributed by atoms with Crippen LogP contribution in [0.1, 0.15) is 10.4 Å². The molecule has 1 aromatic heterocycles. The zero-order valence-electron chi connectivity index (χ0n) is 12.8. The number of nitrogens with one attached hydrogen (secondary N) is 1. The number of hydrogen-bond acceptors (Lipinski definition) is 6. The van der Waals surface area contributed by atoms with E-state index < -0.39 is 4.92 Å². The minimum absolute atomic E-state index is 0.0732. The van der Waals surface area contributed by atoms with Crippen molar-refractivity contribution in [1.29, 1.82) is 0 Å². The molecule has 124 valence electrons. The minimum atomic E-state index is -0.519. The fourth-order valence-corrected chi connectivity index (χ4v) is 2.03. The number of rotatable bonds is 5. The molecule has 8 heteroatoms. The standard InChI is InChI=1S/C17H12N4O4/c22-17(12-4-6-14(7-5-12)21(23)24)20-13-2-1-3-15(10-13)25-16-11-18-8-9-19-16/h1-11H,(H,20,22). The van der Waals surface area contributed by atoms with Gasteiger partial charge in [-0.05, 0) is 24.3 Å². The smallest absolute Gasteiger partial charge is 0.269 e. The Morgan fingerprint density at radius 2 is 1.92 bits per heavy atom. The van der Waals surface area contributed by atoms with Crippen LogP contribution in [-0.4, -0.2) is 20.8 Å². The molecule has 0 atom stereocenters. The predicted octanol–water partition coefficient (Wildman–Crippen LogP) is 3.43. The van der Waals surface area contributed by atoms with E-state index in [-0.39, 0.29) is 11.6 Å². The van der Waals surface area contributed by atoms with E-state index in [0.717, 1.165) is 0 Å². The molecule has 1 N–H and O–H groups in total. The van der Waals surface area contributed by atoms with Gasteiger partial charge in [0.05, 0.1) is 11.1 Å². The van der Waals surface area contributed by atoms with Crippen LogP contribution in [-0.2, 0) is 0 Å². The minimum Gasteiger partial charge on any atom is -0.437 e. The molecule has 0 aliphatic carbocycles. The molecule has 2 aromatic carbocycles. The highest BCUT2D eigenvalue weighted by atomic mass is 16.6. The summed E-state index contributed by atoms with van der Waals surface area (Å²) in [6, 6.07) is 12.1. The van der Waals surface area contributed by atoms with Crippen molar-refractivity contribution >= 4 is 17.3 Å². The second-order valence-corrected chi connectivity index (χ2v) is 4.93. The molecule has 1 amide bonds. The third-order valence-corrected chi connectivity index (χ3v) is 3.19. The zero-order valence-corrected chi connectivity index (χ0v) is 12.8. The third kappa shape index (κ3) is 4.14. The summed E-state index contributed by atoms with van der Waals surface area (Å²) >= 11 is 0. The summed E-state index contributed by atoms with van der Waals surface area (Å²) in [7, 11) is 0. The van der Waals surface area contributed by atoms with Gasteiger partial charge in [-0.1, -0.05) is 6.07 Å². The molecule has 0 aliphatic heterocycles. The molecule has 0 bridgehead atoms. The van der Waals surface area contributed by atoms with Gasteiger partial charge in [-0.3, -0.25) is 19.9 Å². The molecule has 0 fully saturated rings. The molecule has 0 radical (unpaired) electrons. The van der Waals surface area contributed by atoms with Gasteiger partial charge in [0.1, 0.15) is 5.75 Å². The van der Waals surface area contributed by atoms with Gasteiger partial charge in [0.2, 0.25) is 5.88 Å². The summed E-state index contributed by atoms with van der Waals surface area (Å²) in [6.07, 6.45) is 4.52. The number of anilines is 1. The Balaban J connectivity index is 1.71. The summed E-state index contributed by atoms with van der Waals surface area (Å²) in [4.78, 5) is 30.3. The van der Waals surface area contributed by atoms with Gasteiger partial charge < -0.3 is 10.1 Å². The Bertz CT molecular complexity index is 898. The number of amides is 1. The van der Waals surface area contributed by atoms with Crippen LogP contribution in [0.4, 0.5) is 11.4 Å². The summed E-state index contributed by atoms with van der Waals surface area (Å²) in [5.74, 6) is 0.440. The van der Waals surface area contributed by atoms with Gasteiger partial charge in [-0.15, -0.1) is 0 Å². The van der Waals surface area contributed by atoms with Crippen molar-refractivity contribution in [2.45, 2.75) is 0 Å². The van der Waals surface area contributed by atoms with Crippen molar-refractivity contribution in [2.75, 3.05) is 5.32 Å². The Morgan fingerprint density at radius 3 is 2.60 bits per heavy atom. The highest BCUT2D eigenvalue weighted by Crippen LogP contribution is 2.22. The highest BCUT2D eigenvalue weighted by Gasteiger charge is 2.10. The molecule has 0 saturated heterocycles. The van der Waals surface area contributed by atoms with Crippen molar-refractivity contribution in [3.63, 3.8) is 0 Å². The largest absolute Gasteiger partial charge is 0.437 e. The maximum absolute atomic E-state index is 12.2. The first-order valence-corrected chi connectivity index (χ1v) is 7.21. The fourth-order valence-electron chi connectivity index (χ4n) is 2.03. The van der Waals surface area contributed by atoms with Crippen LogP contribution in [0.3, 0.4) is 0 Å². The number of carbonyl (C=O) groups excluding carboxylic acids is 1. The van der Waals surface area contributed by atoms with Crippen LogP contribution in [0.15, 0.2) is 67.1 Å². The monoisotopic (exact) mass is 336 g/mol. The lowest BCUT2D eigenvalue weighted by atomic mass is 10.2. The third-order valence-electron chi connectivity index (χ3n) is 3.19. The fraction of sp³-hybridized carbons (Fsp3) is 0. The molecule has 1 heterocycles.